The lowest BCUT2D eigenvalue weighted by Gasteiger charge is -2.51. The van der Waals surface area contributed by atoms with Crippen molar-refractivity contribution in [2.45, 2.75) is 44.1 Å². The Bertz CT molecular complexity index is 1040. The third-order valence-electron chi connectivity index (χ3n) is 6.34. The van der Waals surface area contributed by atoms with E-state index in [2.05, 4.69) is 39.7 Å². The molecular weight excluding hydrogens is 384 g/mol. The normalized spacial score (nSPS) is 30.9. The van der Waals surface area contributed by atoms with Gasteiger partial charge in [0.1, 0.15) is 17.1 Å². The van der Waals surface area contributed by atoms with E-state index < -0.39 is 17.3 Å². The summed E-state index contributed by atoms with van der Waals surface area (Å²) < 4.78 is 27.6. The molecule has 3 aliphatic heterocycles. The van der Waals surface area contributed by atoms with Crippen LogP contribution in [0.4, 0.5) is 8.78 Å². The Morgan fingerprint density at radius 2 is 1.87 bits per heavy atom. The van der Waals surface area contributed by atoms with Gasteiger partial charge in [-0.3, -0.25) is 9.91 Å². The Balaban J connectivity index is 1.48. The predicted octanol–water partition coefficient (Wildman–Crippen LogP) is 3.91. The summed E-state index contributed by atoms with van der Waals surface area (Å²) in [6, 6.07) is 11.8. The number of nitrogens with one attached hydrogen (secondary N) is 2. The molecule has 1 saturated heterocycles. The summed E-state index contributed by atoms with van der Waals surface area (Å²) in [5, 5.41) is 5.38. The minimum absolute atomic E-state index is 0.113. The maximum Gasteiger partial charge on any atom is 0.213 e. The van der Waals surface area contributed by atoms with Gasteiger partial charge in [-0.05, 0) is 68.7 Å². The Morgan fingerprint density at radius 3 is 2.67 bits per heavy atom. The summed E-state index contributed by atoms with van der Waals surface area (Å²) in [4.78, 5) is 6.43. The highest BCUT2D eigenvalue weighted by molar-refractivity contribution is 5.64. The van der Waals surface area contributed by atoms with Gasteiger partial charge in [0, 0.05) is 18.8 Å². The van der Waals surface area contributed by atoms with Gasteiger partial charge in [0.2, 0.25) is 5.95 Å². The van der Waals surface area contributed by atoms with E-state index in [0.29, 0.717) is 5.69 Å². The zero-order valence-corrected chi connectivity index (χ0v) is 17.1. The number of benzene rings is 1. The first kappa shape index (κ1) is 19.2. The van der Waals surface area contributed by atoms with Crippen molar-refractivity contribution in [2.24, 2.45) is 0 Å². The van der Waals surface area contributed by atoms with Gasteiger partial charge in [0.15, 0.2) is 0 Å². The highest BCUT2D eigenvalue weighted by atomic mass is 19.1. The molecule has 0 spiro atoms. The van der Waals surface area contributed by atoms with Crippen LogP contribution in [-0.4, -0.2) is 32.8 Å². The fraction of sp³-hybridized carbons (Fsp3) is 0.348. The van der Waals surface area contributed by atoms with Gasteiger partial charge in [-0.25, -0.2) is 14.8 Å². The molecular formula is C23H25F2N5. The summed E-state index contributed by atoms with van der Waals surface area (Å²) in [5.41, 5.74) is 4.97. The molecule has 30 heavy (non-hydrogen) atoms. The van der Waals surface area contributed by atoms with Gasteiger partial charge < -0.3 is 5.32 Å². The van der Waals surface area contributed by atoms with E-state index in [-0.39, 0.29) is 11.9 Å². The zero-order valence-electron chi connectivity index (χ0n) is 17.1. The van der Waals surface area contributed by atoms with Crippen molar-refractivity contribution in [3.8, 4) is 0 Å². The van der Waals surface area contributed by atoms with Gasteiger partial charge in [0.05, 0.1) is 11.4 Å². The molecule has 5 nitrogen and oxygen atoms in total. The average molecular weight is 409 g/mol. The van der Waals surface area contributed by atoms with Gasteiger partial charge >= 0.3 is 0 Å². The zero-order chi connectivity index (χ0) is 20.9. The molecule has 3 aliphatic rings. The first-order valence-corrected chi connectivity index (χ1v) is 10.3. The molecule has 0 bridgehead atoms. The molecule has 2 N–H and O–H groups in total. The van der Waals surface area contributed by atoms with E-state index in [4.69, 9.17) is 0 Å². The monoisotopic (exact) mass is 409 g/mol. The highest BCUT2D eigenvalue weighted by Gasteiger charge is 2.48. The van der Waals surface area contributed by atoms with Crippen LogP contribution in [0.1, 0.15) is 44.0 Å². The van der Waals surface area contributed by atoms with Crippen LogP contribution in [-0.2, 0) is 0 Å². The van der Waals surface area contributed by atoms with Crippen LogP contribution in [0.15, 0.2) is 60.8 Å². The molecule has 0 saturated carbocycles. The predicted molar refractivity (Wildman–Crippen MR) is 111 cm³/mol. The Labute approximate surface area is 175 Å². The lowest BCUT2D eigenvalue weighted by molar-refractivity contribution is -0.00233. The first-order chi connectivity index (χ1) is 14.4. The number of hydrogen-bond acceptors (Lipinski definition) is 5. The molecule has 3 atom stereocenters. The summed E-state index contributed by atoms with van der Waals surface area (Å²) in [7, 11) is 0. The number of hydrazine groups is 1. The fourth-order valence-electron chi connectivity index (χ4n) is 4.76. The average Bonchev–Trinajstić information content (AvgIpc) is 3.34. The van der Waals surface area contributed by atoms with Crippen molar-refractivity contribution < 1.29 is 8.78 Å². The van der Waals surface area contributed by atoms with E-state index in [0.717, 1.165) is 30.6 Å². The first-order valence-electron chi connectivity index (χ1n) is 10.3. The highest BCUT2D eigenvalue weighted by Crippen LogP contribution is 2.41. The molecule has 0 radical (unpaired) electrons. The second-order valence-electron chi connectivity index (χ2n) is 8.50. The van der Waals surface area contributed by atoms with Crippen LogP contribution in [0.25, 0.3) is 5.70 Å². The molecule has 5 rings (SSSR count). The quantitative estimate of drug-likeness (QED) is 0.595. The molecule has 4 heterocycles. The molecule has 0 amide bonds. The van der Waals surface area contributed by atoms with Crippen molar-refractivity contribution in [1.29, 1.82) is 0 Å². The maximum atomic E-state index is 13.9. The minimum atomic E-state index is -0.511. The topological polar surface area (TPSA) is 43.4 Å². The molecule has 156 valence electrons. The molecule has 7 heteroatoms. The van der Waals surface area contributed by atoms with E-state index in [1.165, 1.54) is 12.1 Å². The van der Waals surface area contributed by atoms with E-state index in [1.807, 2.05) is 24.2 Å². The smallest absolute Gasteiger partial charge is 0.213 e. The minimum Gasteiger partial charge on any atom is -0.363 e. The van der Waals surface area contributed by atoms with E-state index in [9.17, 15) is 8.78 Å². The molecule has 3 unspecified atom stereocenters. The van der Waals surface area contributed by atoms with Crippen molar-refractivity contribution in [1.82, 2.24) is 25.6 Å². The van der Waals surface area contributed by atoms with Crippen LogP contribution >= 0.6 is 0 Å². The molecule has 2 aromatic rings. The van der Waals surface area contributed by atoms with Crippen LogP contribution in [0.2, 0.25) is 0 Å². The van der Waals surface area contributed by atoms with Gasteiger partial charge in [-0.1, -0.05) is 18.2 Å². The molecule has 1 fully saturated rings. The molecule has 1 aromatic heterocycles. The number of aromatic nitrogens is 1. The number of rotatable bonds is 3. The van der Waals surface area contributed by atoms with Gasteiger partial charge in [-0.2, -0.15) is 4.39 Å². The summed E-state index contributed by atoms with van der Waals surface area (Å²) >= 11 is 0. The van der Waals surface area contributed by atoms with E-state index >= 15 is 0 Å². The Kier molecular flexibility index (Phi) is 4.41. The van der Waals surface area contributed by atoms with Crippen LogP contribution in [0.3, 0.4) is 0 Å². The summed E-state index contributed by atoms with van der Waals surface area (Å²) in [6.45, 7) is 5.06. The van der Waals surface area contributed by atoms with Crippen molar-refractivity contribution in [2.75, 3.05) is 6.54 Å². The Morgan fingerprint density at radius 1 is 1.07 bits per heavy atom. The van der Waals surface area contributed by atoms with Crippen LogP contribution < -0.4 is 10.7 Å². The lowest BCUT2D eigenvalue weighted by atomic mass is 9.98. The Hall–Kier alpha value is -2.77. The van der Waals surface area contributed by atoms with Gasteiger partial charge in [-0.15, -0.1) is 0 Å². The SMILES string of the molecule is CC12C=CC(C)(N3CCCC3c3cccc(F)c3)NN1C(c1cccc(F)n1)=CN2. The van der Waals surface area contributed by atoms with Crippen molar-refractivity contribution in [3.63, 3.8) is 0 Å². The number of nitrogens with zero attached hydrogens (tertiary/aromatic N) is 3. The number of hydrogen-bond donors (Lipinski definition) is 2. The second kappa shape index (κ2) is 6.89. The fourth-order valence-corrected chi connectivity index (χ4v) is 4.76. The third-order valence-corrected chi connectivity index (χ3v) is 6.34. The summed E-state index contributed by atoms with van der Waals surface area (Å²) in [5.74, 6) is -0.724. The van der Waals surface area contributed by atoms with E-state index in [1.54, 1.807) is 24.3 Å². The van der Waals surface area contributed by atoms with Crippen LogP contribution in [0, 0.1) is 11.8 Å². The number of likely N-dealkylation sites (tertiary alicyclic amines) is 1. The number of pyridine rings is 1. The van der Waals surface area contributed by atoms with Crippen molar-refractivity contribution in [3.05, 3.63) is 83.8 Å². The number of halogens is 2. The number of fused-ring (bicyclic) bond motifs is 1. The second-order valence-corrected chi connectivity index (χ2v) is 8.50. The van der Waals surface area contributed by atoms with Crippen LogP contribution in [0.5, 0.6) is 0 Å². The summed E-state index contributed by atoms with van der Waals surface area (Å²) in [6.07, 6.45) is 8.14. The lowest BCUT2D eigenvalue weighted by Crippen LogP contribution is -2.68. The molecule has 1 aromatic carbocycles. The largest absolute Gasteiger partial charge is 0.363 e. The standard InChI is InChI=1S/C23H25F2N5/c1-22-11-12-23(2,29-13-5-9-19(29)16-6-3-7-17(24)14-16)28-30(22)20(15-26-22)18-8-4-10-21(25)27-18/h3-4,6-8,10-12,14-15,19,26,28H,5,9,13H2,1-2H3. The van der Waals surface area contributed by atoms with Crippen molar-refractivity contribution >= 4 is 5.70 Å². The maximum absolute atomic E-state index is 13.9. The molecule has 0 aliphatic carbocycles. The third kappa shape index (κ3) is 3.09. The van der Waals surface area contributed by atoms with Gasteiger partial charge in [0.25, 0.3) is 0 Å².